The van der Waals surface area contributed by atoms with Crippen molar-refractivity contribution in [3.63, 3.8) is 0 Å². The molecule has 0 saturated heterocycles. The summed E-state index contributed by atoms with van der Waals surface area (Å²) in [6.45, 7) is 4.16. The number of nitrogens with one attached hydrogen (secondary N) is 1. The SMILES string of the molecule is CNC(C)(C)c1ccc(N=O)cc1. The van der Waals surface area contributed by atoms with Gasteiger partial charge in [0.25, 0.3) is 0 Å². The van der Waals surface area contributed by atoms with E-state index in [1.165, 1.54) is 0 Å². The van der Waals surface area contributed by atoms with Gasteiger partial charge in [0.1, 0.15) is 5.69 Å². The lowest BCUT2D eigenvalue weighted by molar-refractivity contribution is 0.445. The average molecular weight is 178 g/mol. The third kappa shape index (κ3) is 2.12. The molecule has 1 aromatic rings. The Hall–Kier alpha value is -1.22. The fourth-order valence-electron chi connectivity index (χ4n) is 1.08. The van der Waals surface area contributed by atoms with Crippen LogP contribution in [-0.2, 0) is 5.54 Å². The first kappa shape index (κ1) is 9.86. The van der Waals surface area contributed by atoms with Crippen molar-refractivity contribution in [1.82, 2.24) is 5.32 Å². The van der Waals surface area contributed by atoms with Crippen molar-refractivity contribution in [2.24, 2.45) is 5.18 Å². The first-order valence-electron chi connectivity index (χ1n) is 4.23. The summed E-state index contributed by atoms with van der Waals surface area (Å²) in [5.74, 6) is 0. The monoisotopic (exact) mass is 178 g/mol. The Labute approximate surface area is 78.1 Å². The first-order chi connectivity index (χ1) is 6.10. The zero-order chi connectivity index (χ0) is 9.90. The van der Waals surface area contributed by atoms with E-state index in [4.69, 9.17) is 0 Å². The fourth-order valence-corrected chi connectivity index (χ4v) is 1.08. The highest BCUT2D eigenvalue weighted by Crippen LogP contribution is 2.21. The lowest BCUT2D eigenvalue weighted by atomic mass is 9.94. The zero-order valence-corrected chi connectivity index (χ0v) is 8.16. The maximum atomic E-state index is 10.2. The Morgan fingerprint density at radius 2 is 1.77 bits per heavy atom. The lowest BCUT2D eigenvalue weighted by Crippen LogP contribution is -2.32. The van der Waals surface area contributed by atoms with E-state index < -0.39 is 0 Å². The van der Waals surface area contributed by atoms with Crippen LogP contribution in [0.1, 0.15) is 19.4 Å². The van der Waals surface area contributed by atoms with E-state index >= 15 is 0 Å². The maximum absolute atomic E-state index is 10.2. The van der Waals surface area contributed by atoms with E-state index in [2.05, 4.69) is 24.3 Å². The van der Waals surface area contributed by atoms with E-state index in [9.17, 15) is 4.91 Å². The molecule has 1 N–H and O–H groups in total. The third-order valence-electron chi connectivity index (χ3n) is 2.32. The van der Waals surface area contributed by atoms with Crippen molar-refractivity contribution in [2.45, 2.75) is 19.4 Å². The molecule has 0 heterocycles. The molecule has 0 fully saturated rings. The number of benzene rings is 1. The minimum Gasteiger partial charge on any atom is -0.311 e. The molecule has 1 aromatic carbocycles. The van der Waals surface area contributed by atoms with Gasteiger partial charge in [-0.3, -0.25) is 0 Å². The van der Waals surface area contributed by atoms with Crippen LogP contribution in [0.15, 0.2) is 29.4 Å². The van der Waals surface area contributed by atoms with Crippen LogP contribution in [-0.4, -0.2) is 7.05 Å². The molecule has 0 aromatic heterocycles. The van der Waals surface area contributed by atoms with Gasteiger partial charge in [-0.2, -0.15) is 0 Å². The Bertz CT molecular complexity index is 290. The van der Waals surface area contributed by atoms with Gasteiger partial charge in [-0.05, 0) is 43.8 Å². The van der Waals surface area contributed by atoms with Crippen LogP contribution >= 0.6 is 0 Å². The number of hydrogen-bond donors (Lipinski definition) is 1. The van der Waals surface area contributed by atoms with Crippen LogP contribution in [0.4, 0.5) is 5.69 Å². The summed E-state index contributed by atoms with van der Waals surface area (Å²) >= 11 is 0. The van der Waals surface area contributed by atoms with Crippen molar-refractivity contribution in [2.75, 3.05) is 7.05 Å². The van der Waals surface area contributed by atoms with Crippen molar-refractivity contribution in [3.05, 3.63) is 34.7 Å². The summed E-state index contributed by atoms with van der Waals surface area (Å²) in [5.41, 5.74) is 1.54. The Balaban J connectivity index is 2.98. The fraction of sp³-hybridized carbons (Fsp3) is 0.400. The second-order valence-corrected chi connectivity index (χ2v) is 3.51. The molecule has 1 rings (SSSR count). The zero-order valence-electron chi connectivity index (χ0n) is 8.16. The molecule has 3 heteroatoms. The summed E-state index contributed by atoms with van der Waals surface area (Å²) in [4.78, 5) is 10.2. The molecule has 0 saturated carbocycles. The molecule has 0 aliphatic rings. The second kappa shape index (κ2) is 3.66. The third-order valence-corrected chi connectivity index (χ3v) is 2.32. The number of rotatable bonds is 3. The van der Waals surface area contributed by atoms with Gasteiger partial charge in [0.15, 0.2) is 0 Å². The molecule has 0 unspecified atom stereocenters. The van der Waals surface area contributed by atoms with E-state index in [0.717, 1.165) is 5.56 Å². The maximum Gasteiger partial charge on any atom is 0.108 e. The Kier molecular flexibility index (Phi) is 2.78. The predicted molar refractivity (Wildman–Crippen MR) is 54.0 cm³/mol. The summed E-state index contributed by atoms with van der Waals surface area (Å²) in [7, 11) is 1.91. The van der Waals surface area contributed by atoms with Crippen LogP contribution in [0.25, 0.3) is 0 Å². The predicted octanol–water partition coefficient (Wildman–Crippen LogP) is 2.54. The molecule has 70 valence electrons. The summed E-state index contributed by atoms with van der Waals surface area (Å²) in [5, 5.41) is 6.04. The first-order valence-corrected chi connectivity index (χ1v) is 4.23. The molecule has 0 aliphatic carbocycles. The molecule has 0 atom stereocenters. The number of nitroso groups, excluding NO2 is 1. The largest absolute Gasteiger partial charge is 0.311 e. The van der Waals surface area contributed by atoms with E-state index in [1.807, 2.05) is 19.2 Å². The van der Waals surface area contributed by atoms with Gasteiger partial charge in [0.2, 0.25) is 0 Å². The molecular weight excluding hydrogens is 164 g/mol. The number of hydrogen-bond acceptors (Lipinski definition) is 3. The smallest absolute Gasteiger partial charge is 0.108 e. The topological polar surface area (TPSA) is 41.5 Å². The standard InChI is InChI=1S/C10H14N2O/c1-10(2,11-3)8-4-6-9(12-13)7-5-8/h4-7,11H,1-3H3. The molecule has 0 radical (unpaired) electrons. The van der Waals surface area contributed by atoms with Crippen molar-refractivity contribution < 1.29 is 0 Å². The Morgan fingerprint density at radius 1 is 1.23 bits per heavy atom. The van der Waals surface area contributed by atoms with Crippen LogP contribution in [0.2, 0.25) is 0 Å². The van der Waals surface area contributed by atoms with E-state index in [1.54, 1.807) is 12.1 Å². The van der Waals surface area contributed by atoms with Crippen molar-refractivity contribution in [1.29, 1.82) is 0 Å². The van der Waals surface area contributed by atoms with E-state index in [-0.39, 0.29) is 5.54 Å². The lowest BCUT2D eigenvalue weighted by Gasteiger charge is -2.24. The molecule has 0 spiro atoms. The number of nitrogens with zero attached hydrogens (tertiary/aromatic N) is 1. The van der Waals surface area contributed by atoms with Gasteiger partial charge in [-0.1, -0.05) is 12.1 Å². The molecule has 0 amide bonds. The molecule has 0 aliphatic heterocycles. The highest BCUT2D eigenvalue weighted by Gasteiger charge is 2.16. The van der Waals surface area contributed by atoms with E-state index in [0.29, 0.717) is 5.69 Å². The van der Waals surface area contributed by atoms with Crippen LogP contribution in [0.3, 0.4) is 0 Å². The summed E-state index contributed by atoms with van der Waals surface area (Å²) < 4.78 is 0. The van der Waals surface area contributed by atoms with Gasteiger partial charge < -0.3 is 5.32 Å². The summed E-state index contributed by atoms with van der Waals surface area (Å²) in [6.07, 6.45) is 0. The second-order valence-electron chi connectivity index (χ2n) is 3.51. The van der Waals surface area contributed by atoms with Gasteiger partial charge >= 0.3 is 0 Å². The molecule has 13 heavy (non-hydrogen) atoms. The quantitative estimate of drug-likeness (QED) is 0.722. The highest BCUT2D eigenvalue weighted by molar-refractivity contribution is 5.40. The Morgan fingerprint density at radius 3 is 2.15 bits per heavy atom. The van der Waals surface area contributed by atoms with Crippen LogP contribution < -0.4 is 5.32 Å². The minimum absolute atomic E-state index is 0.0680. The van der Waals surface area contributed by atoms with Crippen molar-refractivity contribution >= 4 is 5.69 Å². The molecular formula is C10H14N2O. The van der Waals surface area contributed by atoms with Gasteiger partial charge in [-0.25, -0.2) is 0 Å². The van der Waals surface area contributed by atoms with Crippen LogP contribution in [0, 0.1) is 4.91 Å². The van der Waals surface area contributed by atoms with Gasteiger partial charge in [0.05, 0.1) is 0 Å². The highest BCUT2D eigenvalue weighted by atomic mass is 16.3. The summed E-state index contributed by atoms with van der Waals surface area (Å²) in [6, 6.07) is 7.27. The van der Waals surface area contributed by atoms with Crippen LogP contribution in [0.5, 0.6) is 0 Å². The average Bonchev–Trinajstić information content (AvgIpc) is 2.18. The van der Waals surface area contributed by atoms with Crippen molar-refractivity contribution in [3.8, 4) is 0 Å². The normalized spacial score (nSPS) is 11.3. The van der Waals surface area contributed by atoms with Gasteiger partial charge in [-0.15, -0.1) is 4.91 Å². The molecule has 3 nitrogen and oxygen atoms in total. The molecule has 0 bridgehead atoms. The minimum atomic E-state index is -0.0680. The van der Waals surface area contributed by atoms with Gasteiger partial charge in [0, 0.05) is 5.54 Å².